The van der Waals surface area contributed by atoms with Crippen molar-refractivity contribution in [3.8, 4) is 0 Å². The van der Waals surface area contributed by atoms with E-state index in [0.717, 1.165) is 31.5 Å². The van der Waals surface area contributed by atoms with E-state index in [1.54, 1.807) is 12.1 Å². The van der Waals surface area contributed by atoms with Crippen molar-refractivity contribution >= 4 is 41.5 Å². The number of amides is 1. The second-order valence-electron chi connectivity index (χ2n) is 4.95. The molecule has 0 saturated carbocycles. The molecule has 20 heavy (non-hydrogen) atoms. The van der Waals surface area contributed by atoms with Crippen LogP contribution in [0.4, 0.5) is 0 Å². The number of hydrogen-bond donors (Lipinski definition) is 1. The molecule has 0 aliphatic carbocycles. The predicted molar refractivity (Wildman–Crippen MR) is 85.8 cm³/mol. The maximum atomic E-state index is 12.1. The van der Waals surface area contributed by atoms with Crippen molar-refractivity contribution in [2.24, 2.45) is 5.73 Å². The summed E-state index contributed by atoms with van der Waals surface area (Å²) in [7, 11) is 0. The first-order chi connectivity index (χ1) is 9.06. The van der Waals surface area contributed by atoms with Gasteiger partial charge in [-0.05, 0) is 37.0 Å². The monoisotopic (exact) mass is 336 g/mol. The normalized spacial score (nSPS) is 15.8. The Hall–Kier alpha value is -0.480. The highest BCUT2D eigenvalue weighted by Gasteiger charge is 2.20. The van der Waals surface area contributed by atoms with Crippen LogP contribution in [0.3, 0.4) is 0 Å². The van der Waals surface area contributed by atoms with E-state index < -0.39 is 0 Å². The number of piperidine rings is 1. The summed E-state index contributed by atoms with van der Waals surface area (Å²) in [6.45, 7) is 1.54. The SMILES string of the molecule is Cl.NC1CCN(C(=O)CCc2ccc(Cl)cc2Cl)CC1. The van der Waals surface area contributed by atoms with Crippen LogP contribution in [0.25, 0.3) is 0 Å². The van der Waals surface area contributed by atoms with Crippen LogP contribution < -0.4 is 5.73 Å². The molecule has 6 heteroatoms. The topological polar surface area (TPSA) is 46.3 Å². The molecule has 0 spiro atoms. The summed E-state index contributed by atoms with van der Waals surface area (Å²) in [4.78, 5) is 14.0. The van der Waals surface area contributed by atoms with Gasteiger partial charge in [0.25, 0.3) is 0 Å². The van der Waals surface area contributed by atoms with Gasteiger partial charge in [0.05, 0.1) is 0 Å². The van der Waals surface area contributed by atoms with Crippen LogP contribution in [0.15, 0.2) is 18.2 Å². The van der Waals surface area contributed by atoms with Crippen molar-refractivity contribution in [1.29, 1.82) is 0 Å². The lowest BCUT2D eigenvalue weighted by molar-refractivity contribution is -0.132. The first kappa shape index (κ1) is 17.6. The molecule has 1 heterocycles. The van der Waals surface area contributed by atoms with Gasteiger partial charge in [0, 0.05) is 35.6 Å². The minimum atomic E-state index is 0. The summed E-state index contributed by atoms with van der Waals surface area (Å²) in [5, 5.41) is 1.24. The summed E-state index contributed by atoms with van der Waals surface area (Å²) < 4.78 is 0. The maximum absolute atomic E-state index is 12.1. The molecule has 0 bridgehead atoms. The number of carbonyl (C=O) groups excluding carboxylic acids is 1. The minimum Gasteiger partial charge on any atom is -0.343 e. The number of likely N-dealkylation sites (tertiary alicyclic amines) is 1. The van der Waals surface area contributed by atoms with Crippen LogP contribution in [0, 0.1) is 0 Å². The van der Waals surface area contributed by atoms with Gasteiger partial charge < -0.3 is 10.6 Å². The van der Waals surface area contributed by atoms with Crippen LogP contribution >= 0.6 is 35.6 Å². The van der Waals surface area contributed by atoms with Crippen molar-refractivity contribution in [1.82, 2.24) is 4.90 Å². The standard InChI is InChI=1S/C14H18Cl2N2O.ClH/c15-11-3-1-10(13(16)9-11)2-4-14(19)18-7-5-12(17)6-8-18;/h1,3,9,12H,2,4-8,17H2;1H. The number of halogens is 3. The zero-order valence-electron chi connectivity index (χ0n) is 11.1. The fraction of sp³-hybridized carbons (Fsp3) is 0.500. The van der Waals surface area contributed by atoms with E-state index in [9.17, 15) is 4.79 Å². The molecule has 1 aromatic rings. The lowest BCUT2D eigenvalue weighted by Gasteiger charge is -2.30. The lowest BCUT2D eigenvalue weighted by atomic mass is 10.0. The third-order valence-corrected chi connectivity index (χ3v) is 4.10. The van der Waals surface area contributed by atoms with E-state index >= 15 is 0 Å². The second kappa shape index (κ2) is 8.08. The average molecular weight is 338 g/mol. The number of carbonyl (C=O) groups is 1. The van der Waals surface area contributed by atoms with Gasteiger partial charge in [-0.15, -0.1) is 12.4 Å². The van der Waals surface area contributed by atoms with Crippen LogP contribution in [-0.2, 0) is 11.2 Å². The smallest absolute Gasteiger partial charge is 0.222 e. The highest BCUT2D eigenvalue weighted by Crippen LogP contribution is 2.22. The summed E-state index contributed by atoms with van der Waals surface area (Å²) in [6, 6.07) is 5.63. The van der Waals surface area contributed by atoms with Gasteiger partial charge in [-0.25, -0.2) is 0 Å². The van der Waals surface area contributed by atoms with Gasteiger partial charge in [0.15, 0.2) is 0 Å². The highest BCUT2D eigenvalue weighted by atomic mass is 35.5. The summed E-state index contributed by atoms with van der Waals surface area (Å²) in [5.41, 5.74) is 6.79. The molecule has 1 aliphatic heterocycles. The second-order valence-corrected chi connectivity index (χ2v) is 5.80. The highest BCUT2D eigenvalue weighted by molar-refractivity contribution is 6.35. The molecule has 0 radical (unpaired) electrons. The summed E-state index contributed by atoms with van der Waals surface area (Å²) in [5.74, 6) is 0.179. The molecule has 1 fully saturated rings. The van der Waals surface area contributed by atoms with E-state index in [-0.39, 0.29) is 24.4 Å². The molecule has 0 unspecified atom stereocenters. The molecule has 1 amide bonds. The molecule has 0 aromatic heterocycles. The van der Waals surface area contributed by atoms with Crippen molar-refractivity contribution in [2.75, 3.05) is 13.1 Å². The van der Waals surface area contributed by atoms with E-state index in [0.29, 0.717) is 22.9 Å². The Morgan fingerprint density at radius 3 is 2.55 bits per heavy atom. The number of hydrogen-bond acceptors (Lipinski definition) is 2. The van der Waals surface area contributed by atoms with Crippen LogP contribution in [0.1, 0.15) is 24.8 Å². The molecule has 1 saturated heterocycles. The number of benzene rings is 1. The maximum Gasteiger partial charge on any atom is 0.222 e. The van der Waals surface area contributed by atoms with Gasteiger partial charge in [0.2, 0.25) is 5.91 Å². The molecule has 112 valence electrons. The van der Waals surface area contributed by atoms with Crippen LogP contribution in [0.2, 0.25) is 10.0 Å². The molecular weight excluding hydrogens is 319 g/mol. The molecular formula is C14H19Cl3N2O. The molecule has 0 atom stereocenters. The van der Waals surface area contributed by atoms with Gasteiger partial charge in [-0.1, -0.05) is 29.3 Å². The Kier molecular flexibility index (Phi) is 7.10. The minimum absolute atomic E-state index is 0. The van der Waals surface area contributed by atoms with Gasteiger partial charge in [0.1, 0.15) is 0 Å². The summed E-state index contributed by atoms with van der Waals surface area (Å²) in [6.07, 6.45) is 2.93. The largest absolute Gasteiger partial charge is 0.343 e. The van der Waals surface area contributed by atoms with E-state index in [4.69, 9.17) is 28.9 Å². The third-order valence-electron chi connectivity index (χ3n) is 3.52. The van der Waals surface area contributed by atoms with Gasteiger partial charge in [-0.3, -0.25) is 4.79 Å². The predicted octanol–water partition coefficient (Wildman–Crippen LogP) is 3.30. The molecule has 2 N–H and O–H groups in total. The van der Waals surface area contributed by atoms with Crippen molar-refractivity contribution in [3.05, 3.63) is 33.8 Å². The van der Waals surface area contributed by atoms with Crippen LogP contribution in [0.5, 0.6) is 0 Å². The fourth-order valence-corrected chi connectivity index (χ4v) is 2.78. The first-order valence-corrected chi connectivity index (χ1v) is 7.29. The van der Waals surface area contributed by atoms with Gasteiger partial charge in [-0.2, -0.15) is 0 Å². The van der Waals surface area contributed by atoms with Gasteiger partial charge >= 0.3 is 0 Å². The number of nitrogens with two attached hydrogens (primary N) is 1. The number of rotatable bonds is 3. The molecule has 2 rings (SSSR count). The van der Waals surface area contributed by atoms with E-state index in [1.807, 2.05) is 11.0 Å². The average Bonchev–Trinajstić information content (AvgIpc) is 2.38. The van der Waals surface area contributed by atoms with E-state index in [2.05, 4.69) is 0 Å². The Labute approximate surface area is 135 Å². The van der Waals surface area contributed by atoms with Crippen molar-refractivity contribution in [2.45, 2.75) is 31.7 Å². The van der Waals surface area contributed by atoms with Crippen molar-refractivity contribution in [3.63, 3.8) is 0 Å². The Morgan fingerprint density at radius 1 is 1.30 bits per heavy atom. The first-order valence-electron chi connectivity index (χ1n) is 6.53. The molecule has 3 nitrogen and oxygen atoms in total. The zero-order chi connectivity index (χ0) is 13.8. The van der Waals surface area contributed by atoms with Crippen LogP contribution in [-0.4, -0.2) is 29.9 Å². The van der Waals surface area contributed by atoms with E-state index in [1.165, 1.54) is 0 Å². The molecule has 1 aliphatic rings. The lowest BCUT2D eigenvalue weighted by Crippen LogP contribution is -2.42. The quantitative estimate of drug-likeness (QED) is 0.920. The van der Waals surface area contributed by atoms with Crippen molar-refractivity contribution < 1.29 is 4.79 Å². The number of nitrogens with zero attached hydrogens (tertiary/aromatic N) is 1. The number of aryl methyl sites for hydroxylation is 1. The summed E-state index contributed by atoms with van der Waals surface area (Å²) >= 11 is 11.9. The fourth-order valence-electron chi connectivity index (χ4n) is 2.27. The molecule has 1 aromatic carbocycles. The Balaban J connectivity index is 0.00000200. The Bertz CT molecular complexity index is 460. The zero-order valence-corrected chi connectivity index (χ0v) is 13.5. The Morgan fingerprint density at radius 2 is 1.95 bits per heavy atom. The third kappa shape index (κ3) is 4.81.